The Morgan fingerprint density at radius 3 is 2.50 bits per heavy atom. The molecule has 16 heavy (non-hydrogen) atoms. The average Bonchev–Trinajstić information content (AvgIpc) is 2.14. The molecular weight excluding hydrogens is 228 g/mol. The van der Waals surface area contributed by atoms with Crippen LogP contribution in [0.1, 0.15) is 18.6 Å². The number of hydrogen-bond donors (Lipinski definition) is 1. The molecule has 1 rings (SSSR count). The maximum absolute atomic E-state index is 12.8. The van der Waals surface area contributed by atoms with Gasteiger partial charge < -0.3 is 9.84 Å². The third kappa shape index (κ3) is 3.69. The van der Waals surface area contributed by atoms with Crippen molar-refractivity contribution in [2.24, 2.45) is 0 Å². The summed E-state index contributed by atoms with van der Waals surface area (Å²) in [5.41, 5.74) is -0.00995. The van der Waals surface area contributed by atoms with Gasteiger partial charge in [0.1, 0.15) is 11.6 Å². The lowest BCUT2D eigenvalue weighted by Crippen LogP contribution is -2.20. The van der Waals surface area contributed by atoms with E-state index >= 15 is 0 Å². The smallest absolute Gasteiger partial charge is 0.422 e. The molecule has 2 nitrogen and oxygen atoms in total. The molecule has 1 aromatic rings. The Hall–Kier alpha value is -1.30. The van der Waals surface area contributed by atoms with Crippen LogP contribution in [0.4, 0.5) is 17.6 Å². The second-order valence-electron chi connectivity index (χ2n) is 3.26. The molecule has 0 spiro atoms. The van der Waals surface area contributed by atoms with Crippen LogP contribution in [0.25, 0.3) is 0 Å². The molecule has 0 radical (unpaired) electrons. The van der Waals surface area contributed by atoms with Crippen molar-refractivity contribution in [3.63, 3.8) is 0 Å². The van der Waals surface area contributed by atoms with E-state index in [9.17, 15) is 22.7 Å². The van der Waals surface area contributed by atoms with E-state index in [-0.39, 0.29) is 11.3 Å². The van der Waals surface area contributed by atoms with E-state index in [1.165, 1.54) is 6.92 Å². The summed E-state index contributed by atoms with van der Waals surface area (Å²) in [7, 11) is 0. The molecule has 90 valence electrons. The number of aliphatic hydroxyl groups is 1. The molecule has 0 fully saturated rings. The van der Waals surface area contributed by atoms with Gasteiger partial charge in [-0.05, 0) is 25.1 Å². The third-order valence-corrected chi connectivity index (χ3v) is 1.81. The highest BCUT2D eigenvalue weighted by Crippen LogP contribution is 2.27. The zero-order valence-electron chi connectivity index (χ0n) is 8.38. The van der Waals surface area contributed by atoms with Gasteiger partial charge in [-0.1, -0.05) is 0 Å². The van der Waals surface area contributed by atoms with Gasteiger partial charge in [0.05, 0.1) is 6.10 Å². The van der Waals surface area contributed by atoms with Gasteiger partial charge in [-0.15, -0.1) is 0 Å². The maximum Gasteiger partial charge on any atom is 0.422 e. The molecule has 0 amide bonds. The van der Waals surface area contributed by atoms with Gasteiger partial charge in [0.25, 0.3) is 0 Å². The summed E-state index contributed by atoms with van der Waals surface area (Å²) in [5.74, 6) is -0.816. The van der Waals surface area contributed by atoms with Crippen LogP contribution < -0.4 is 4.74 Å². The second kappa shape index (κ2) is 4.69. The lowest BCUT2D eigenvalue weighted by atomic mass is 10.1. The van der Waals surface area contributed by atoms with Crippen molar-refractivity contribution in [1.82, 2.24) is 0 Å². The third-order valence-electron chi connectivity index (χ3n) is 1.81. The minimum absolute atomic E-state index is 0.00995. The topological polar surface area (TPSA) is 29.5 Å². The molecule has 0 aliphatic rings. The number of aliphatic hydroxyl groups excluding tert-OH is 1. The van der Waals surface area contributed by atoms with Gasteiger partial charge in [0.15, 0.2) is 6.61 Å². The van der Waals surface area contributed by atoms with Crippen LogP contribution in [0.2, 0.25) is 0 Å². The molecule has 1 N–H and O–H groups in total. The van der Waals surface area contributed by atoms with Crippen molar-refractivity contribution >= 4 is 0 Å². The van der Waals surface area contributed by atoms with E-state index in [1.54, 1.807) is 0 Å². The highest BCUT2D eigenvalue weighted by molar-refractivity contribution is 5.35. The van der Waals surface area contributed by atoms with Crippen LogP contribution in [0, 0.1) is 5.82 Å². The quantitative estimate of drug-likeness (QED) is 0.820. The van der Waals surface area contributed by atoms with Crippen LogP contribution in [-0.4, -0.2) is 17.9 Å². The standard InChI is InChI=1S/C10H10F4O2/c1-6(15)8-4-7(11)2-3-9(8)16-5-10(12,13)14/h2-4,6,15H,5H2,1H3. The largest absolute Gasteiger partial charge is 0.484 e. The van der Waals surface area contributed by atoms with Crippen molar-refractivity contribution in [3.05, 3.63) is 29.6 Å². The molecule has 0 saturated carbocycles. The lowest BCUT2D eigenvalue weighted by Gasteiger charge is -2.14. The molecule has 0 aliphatic heterocycles. The molecular formula is C10H10F4O2. The van der Waals surface area contributed by atoms with Crippen LogP contribution >= 0.6 is 0 Å². The number of benzene rings is 1. The van der Waals surface area contributed by atoms with E-state index in [0.29, 0.717) is 0 Å². The summed E-state index contributed by atoms with van der Waals surface area (Å²) in [6.07, 6.45) is -5.57. The number of alkyl halides is 3. The Morgan fingerprint density at radius 2 is 2.00 bits per heavy atom. The first-order valence-corrected chi connectivity index (χ1v) is 4.46. The van der Waals surface area contributed by atoms with Crippen molar-refractivity contribution < 1.29 is 27.4 Å². The minimum atomic E-state index is -4.47. The Balaban J connectivity index is 2.87. The molecule has 1 atom stereocenters. The highest BCUT2D eigenvalue weighted by atomic mass is 19.4. The van der Waals surface area contributed by atoms with Crippen molar-refractivity contribution in [2.45, 2.75) is 19.2 Å². The van der Waals surface area contributed by atoms with Crippen LogP contribution in [0.3, 0.4) is 0 Å². The van der Waals surface area contributed by atoms with E-state index in [4.69, 9.17) is 0 Å². The number of hydrogen-bond acceptors (Lipinski definition) is 2. The summed E-state index contributed by atoms with van der Waals surface area (Å²) in [6, 6.07) is 2.97. The first-order chi connectivity index (χ1) is 7.29. The molecule has 0 bridgehead atoms. The Bertz CT molecular complexity index is 360. The highest BCUT2D eigenvalue weighted by Gasteiger charge is 2.29. The normalized spacial score (nSPS) is 13.6. The maximum atomic E-state index is 12.8. The second-order valence-corrected chi connectivity index (χ2v) is 3.26. The molecule has 6 heteroatoms. The van der Waals surface area contributed by atoms with Crippen molar-refractivity contribution in [3.8, 4) is 5.75 Å². The Morgan fingerprint density at radius 1 is 1.38 bits per heavy atom. The van der Waals surface area contributed by atoms with E-state index in [0.717, 1.165) is 18.2 Å². The van der Waals surface area contributed by atoms with Gasteiger partial charge in [-0.2, -0.15) is 13.2 Å². The summed E-state index contributed by atoms with van der Waals surface area (Å²) >= 11 is 0. The fourth-order valence-electron chi connectivity index (χ4n) is 1.14. The Labute approximate surface area is 89.5 Å². The summed E-state index contributed by atoms with van der Waals surface area (Å²) in [4.78, 5) is 0. The van der Waals surface area contributed by atoms with E-state index < -0.39 is 24.7 Å². The average molecular weight is 238 g/mol. The fraction of sp³-hybridized carbons (Fsp3) is 0.400. The van der Waals surface area contributed by atoms with Gasteiger partial charge in [-0.25, -0.2) is 4.39 Å². The van der Waals surface area contributed by atoms with E-state index in [1.807, 2.05) is 0 Å². The first kappa shape index (κ1) is 12.8. The molecule has 1 aromatic carbocycles. The zero-order chi connectivity index (χ0) is 12.3. The van der Waals surface area contributed by atoms with Crippen LogP contribution in [0.15, 0.2) is 18.2 Å². The van der Waals surface area contributed by atoms with Crippen LogP contribution in [-0.2, 0) is 0 Å². The first-order valence-electron chi connectivity index (χ1n) is 4.46. The molecule has 0 aliphatic carbocycles. The van der Waals surface area contributed by atoms with E-state index in [2.05, 4.69) is 4.74 Å². The molecule has 0 heterocycles. The van der Waals surface area contributed by atoms with Crippen LogP contribution in [0.5, 0.6) is 5.75 Å². The fourth-order valence-corrected chi connectivity index (χ4v) is 1.14. The summed E-state index contributed by atoms with van der Waals surface area (Å²) in [6.45, 7) is -0.159. The predicted octanol–water partition coefficient (Wildman–Crippen LogP) is 2.82. The van der Waals surface area contributed by atoms with Crippen molar-refractivity contribution in [2.75, 3.05) is 6.61 Å². The zero-order valence-corrected chi connectivity index (χ0v) is 8.38. The molecule has 0 saturated heterocycles. The van der Waals surface area contributed by atoms with Gasteiger partial charge in [0, 0.05) is 5.56 Å². The van der Waals surface area contributed by atoms with Crippen molar-refractivity contribution in [1.29, 1.82) is 0 Å². The van der Waals surface area contributed by atoms with Gasteiger partial charge in [-0.3, -0.25) is 0 Å². The monoisotopic (exact) mass is 238 g/mol. The number of rotatable bonds is 3. The number of ether oxygens (including phenoxy) is 1. The van der Waals surface area contributed by atoms with Gasteiger partial charge >= 0.3 is 6.18 Å². The molecule has 0 aromatic heterocycles. The predicted molar refractivity (Wildman–Crippen MR) is 48.6 cm³/mol. The number of halogens is 4. The molecule has 1 unspecified atom stereocenters. The lowest BCUT2D eigenvalue weighted by molar-refractivity contribution is -0.153. The minimum Gasteiger partial charge on any atom is -0.484 e. The summed E-state index contributed by atoms with van der Waals surface area (Å²) < 4.78 is 52.9. The van der Waals surface area contributed by atoms with Gasteiger partial charge in [0.2, 0.25) is 0 Å². The SMILES string of the molecule is CC(O)c1cc(F)ccc1OCC(F)(F)F. The summed E-state index contributed by atoms with van der Waals surface area (Å²) in [5, 5.41) is 9.23. The Kier molecular flexibility index (Phi) is 3.74.